The summed E-state index contributed by atoms with van der Waals surface area (Å²) in [5.41, 5.74) is 4.16. The van der Waals surface area contributed by atoms with E-state index in [2.05, 4.69) is 49.4 Å². The molecule has 1 aliphatic rings. The van der Waals surface area contributed by atoms with Crippen molar-refractivity contribution < 1.29 is 4.74 Å². The summed E-state index contributed by atoms with van der Waals surface area (Å²) in [5, 5.41) is 8.31. The topological polar surface area (TPSA) is 63.0 Å². The predicted molar refractivity (Wildman–Crippen MR) is 89.2 cm³/mol. The zero-order chi connectivity index (χ0) is 16.1. The Morgan fingerprint density at radius 1 is 1.04 bits per heavy atom. The minimum atomic E-state index is 0.424. The summed E-state index contributed by atoms with van der Waals surface area (Å²) in [7, 11) is 0. The van der Waals surface area contributed by atoms with Gasteiger partial charge >= 0.3 is 0 Å². The summed E-state index contributed by atoms with van der Waals surface area (Å²) in [4.78, 5) is 10.8. The van der Waals surface area contributed by atoms with Crippen LogP contribution in [-0.4, -0.2) is 36.3 Å². The Labute approximate surface area is 136 Å². The van der Waals surface area contributed by atoms with Crippen LogP contribution in [0.4, 0.5) is 11.6 Å². The first-order valence-corrected chi connectivity index (χ1v) is 7.82. The van der Waals surface area contributed by atoms with Gasteiger partial charge in [0.25, 0.3) is 5.95 Å². The lowest BCUT2D eigenvalue weighted by Crippen LogP contribution is -2.36. The lowest BCUT2D eigenvalue weighted by atomic mass is 10.2. The number of hydrogen-bond acceptors (Lipinski definition) is 6. The molecule has 1 aromatic heterocycles. The van der Waals surface area contributed by atoms with Gasteiger partial charge in [0.1, 0.15) is 0 Å². The van der Waals surface area contributed by atoms with Gasteiger partial charge in [-0.1, -0.05) is 12.1 Å². The van der Waals surface area contributed by atoms with Crippen LogP contribution in [0.2, 0.25) is 0 Å². The van der Waals surface area contributed by atoms with Crippen molar-refractivity contribution in [2.24, 2.45) is 10.2 Å². The number of benzene rings is 1. The van der Waals surface area contributed by atoms with E-state index in [0.29, 0.717) is 12.5 Å². The molecule has 1 aromatic carbocycles. The van der Waals surface area contributed by atoms with Crippen LogP contribution in [0.15, 0.2) is 40.6 Å². The van der Waals surface area contributed by atoms with Gasteiger partial charge in [-0.2, -0.15) is 5.11 Å². The van der Waals surface area contributed by atoms with Gasteiger partial charge in [-0.05, 0) is 37.6 Å². The molecule has 0 amide bonds. The Morgan fingerprint density at radius 3 is 2.35 bits per heavy atom. The van der Waals surface area contributed by atoms with Crippen LogP contribution in [0.25, 0.3) is 0 Å². The molecular weight excluding hydrogens is 290 g/mol. The first-order valence-electron chi connectivity index (χ1n) is 7.82. The molecule has 120 valence electrons. The van der Waals surface area contributed by atoms with Crippen LogP contribution in [0.1, 0.15) is 17.0 Å². The van der Waals surface area contributed by atoms with Crippen molar-refractivity contribution in [3.8, 4) is 0 Å². The maximum atomic E-state index is 5.38. The molecule has 1 fully saturated rings. The molecular formula is C17H21N5O. The second kappa shape index (κ2) is 7.28. The highest BCUT2D eigenvalue weighted by Crippen LogP contribution is 2.17. The summed E-state index contributed by atoms with van der Waals surface area (Å²) >= 11 is 0. The van der Waals surface area contributed by atoms with Crippen LogP contribution < -0.4 is 4.90 Å². The summed E-state index contributed by atoms with van der Waals surface area (Å²) in [6.07, 6.45) is 0. The third kappa shape index (κ3) is 4.32. The number of anilines is 1. The summed E-state index contributed by atoms with van der Waals surface area (Å²) in [6, 6.07) is 10.4. The largest absolute Gasteiger partial charge is 0.378 e. The van der Waals surface area contributed by atoms with Crippen molar-refractivity contribution in [2.75, 3.05) is 31.2 Å². The number of azo groups is 1. The second-order valence-electron chi connectivity index (χ2n) is 5.62. The molecule has 6 nitrogen and oxygen atoms in total. The van der Waals surface area contributed by atoms with Gasteiger partial charge < -0.3 is 9.64 Å². The lowest BCUT2D eigenvalue weighted by Gasteiger charge is -2.28. The van der Waals surface area contributed by atoms with E-state index in [1.54, 1.807) is 0 Å². The van der Waals surface area contributed by atoms with Gasteiger partial charge in [-0.15, -0.1) is 5.11 Å². The number of morpholine rings is 1. The Kier molecular flexibility index (Phi) is 4.92. The van der Waals surface area contributed by atoms with Crippen molar-refractivity contribution >= 4 is 11.6 Å². The Morgan fingerprint density at radius 2 is 1.70 bits per heavy atom. The fraction of sp³-hybridized carbons (Fsp3) is 0.412. The lowest BCUT2D eigenvalue weighted by molar-refractivity contribution is 0.122. The molecule has 1 saturated heterocycles. The van der Waals surface area contributed by atoms with E-state index in [1.165, 1.54) is 5.69 Å². The SMILES string of the molecule is Cc1cc(C)nc(N=NCc2ccc(N3CCOCC3)cc2)n1. The van der Waals surface area contributed by atoms with Gasteiger partial charge in [0.15, 0.2) is 0 Å². The van der Waals surface area contributed by atoms with Gasteiger partial charge in [-0.25, -0.2) is 9.97 Å². The van der Waals surface area contributed by atoms with Crippen molar-refractivity contribution in [1.29, 1.82) is 0 Å². The van der Waals surface area contributed by atoms with Crippen molar-refractivity contribution in [3.05, 3.63) is 47.3 Å². The molecule has 2 heterocycles. The van der Waals surface area contributed by atoms with E-state index in [0.717, 1.165) is 43.3 Å². The van der Waals surface area contributed by atoms with Crippen molar-refractivity contribution in [3.63, 3.8) is 0 Å². The van der Waals surface area contributed by atoms with Crippen LogP contribution in [0.3, 0.4) is 0 Å². The van der Waals surface area contributed by atoms with E-state index >= 15 is 0 Å². The number of rotatable bonds is 4. The average molecular weight is 311 g/mol. The molecule has 0 N–H and O–H groups in total. The monoisotopic (exact) mass is 311 g/mol. The minimum absolute atomic E-state index is 0.424. The molecule has 1 aliphatic heterocycles. The smallest absolute Gasteiger partial charge is 0.268 e. The first-order chi connectivity index (χ1) is 11.2. The third-order valence-corrected chi connectivity index (χ3v) is 3.70. The minimum Gasteiger partial charge on any atom is -0.378 e. The fourth-order valence-corrected chi connectivity index (χ4v) is 2.57. The molecule has 0 aliphatic carbocycles. The van der Waals surface area contributed by atoms with E-state index < -0.39 is 0 Å². The number of hydrogen-bond donors (Lipinski definition) is 0. The van der Waals surface area contributed by atoms with Crippen molar-refractivity contribution in [2.45, 2.75) is 20.4 Å². The molecule has 0 spiro atoms. The molecule has 0 saturated carbocycles. The highest BCUT2D eigenvalue weighted by atomic mass is 16.5. The van der Waals surface area contributed by atoms with Crippen LogP contribution in [0, 0.1) is 13.8 Å². The molecule has 0 radical (unpaired) electrons. The Hall–Kier alpha value is -2.34. The highest BCUT2D eigenvalue weighted by Gasteiger charge is 2.10. The molecule has 3 rings (SSSR count). The van der Waals surface area contributed by atoms with E-state index in [4.69, 9.17) is 4.74 Å². The Bertz CT molecular complexity index is 658. The predicted octanol–water partition coefficient (Wildman–Crippen LogP) is 3.21. The molecule has 0 atom stereocenters. The number of nitrogens with zero attached hydrogens (tertiary/aromatic N) is 5. The number of ether oxygens (including phenoxy) is 1. The standard InChI is InChI=1S/C17H21N5O/c1-13-11-14(2)20-17(19-13)21-18-12-15-3-5-16(6-4-15)22-7-9-23-10-8-22/h3-6,11H,7-10,12H2,1-2H3. The van der Waals surface area contributed by atoms with Gasteiger partial charge in [-0.3, -0.25) is 0 Å². The average Bonchev–Trinajstić information content (AvgIpc) is 2.55. The van der Waals surface area contributed by atoms with Gasteiger partial charge in [0.2, 0.25) is 0 Å². The quantitative estimate of drug-likeness (QED) is 0.813. The zero-order valence-electron chi connectivity index (χ0n) is 13.6. The third-order valence-electron chi connectivity index (χ3n) is 3.70. The maximum absolute atomic E-state index is 5.38. The molecule has 2 aromatic rings. The Balaban J connectivity index is 1.60. The molecule has 0 bridgehead atoms. The van der Waals surface area contributed by atoms with Gasteiger partial charge in [0, 0.05) is 30.2 Å². The summed E-state index contributed by atoms with van der Waals surface area (Å²) in [6.45, 7) is 7.87. The van der Waals surface area contributed by atoms with E-state index in [9.17, 15) is 0 Å². The number of aromatic nitrogens is 2. The molecule has 6 heteroatoms. The maximum Gasteiger partial charge on any atom is 0.268 e. The molecule has 0 unspecified atom stereocenters. The highest BCUT2D eigenvalue weighted by molar-refractivity contribution is 5.47. The zero-order valence-corrected chi connectivity index (χ0v) is 13.6. The van der Waals surface area contributed by atoms with Crippen LogP contribution in [-0.2, 0) is 11.3 Å². The molecule has 23 heavy (non-hydrogen) atoms. The normalized spacial score (nSPS) is 15.3. The van der Waals surface area contributed by atoms with Gasteiger partial charge in [0.05, 0.1) is 19.8 Å². The van der Waals surface area contributed by atoms with Crippen LogP contribution in [0.5, 0.6) is 0 Å². The summed E-state index contributed by atoms with van der Waals surface area (Å²) < 4.78 is 5.38. The van der Waals surface area contributed by atoms with Crippen LogP contribution >= 0.6 is 0 Å². The van der Waals surface area contributed by atoms with E-state index in [-0.39, 0.29) is 0 Å². The fourth-order valence-electron chi connectivity index (χ4n) is 2.57. The second-order valence-corrected chi connectivity index (χ2v) is 5.62. The number of aryl methyl sites for hydroxylation is 2. The van der Waals surface area contributed by atoms with Crippen molar-refractivity contribution in [1.82, 2.24) is 9.97 Å². The van der Waals surface area contributed by atoms with E-state index in [1.807, 2.05) is 19.9 Å². The first kappa shape index (κ1) is 15.6. The summed E-state index contributed by atoms with van der Waals surface area (Å²) in [5.74, 6) is 0.424.